The van der Waals surface area contributed by atoms with Gasteiger partial charge in [-0.25, -0.2) is 10.5 Å². The van der Waals surface area contributed by atoms with Gasteiger partial charge >= 0.3 is 0 Å². The quantitative estimate of drug-likeness (QED) is 0.456. The van der Waals surface area contributed by atoms with Crippen molar-refractivity contribution >= 4 is 34.9 Å². The van der Waals surface area contributed by atoms with Crippen molar-refractivity contribution < 1.29 is 4.79 Å². The molecule has 5 N–H and O–H groups in total. The number of anilines is 1. The van der Waals surface area contributed by atoms with E-state index in [4.69, 9.17) is 34.8 Å². The zero-order valence-electron chi connectivity index (χ0n) is 10.7. The molecule has 2 rings (SSSR count). The number of rotatable bonds is 3. The molecule has 0 bridgehead atoms. The van der Waals surface area contributed by atoms with Crippen molar-refractivity contribution in [3.8, 4) is 0 Å². The van der Waals surface area contributed by atoms with E-state index in [1.54, 1.807) is 25.1 Å². The van der Waals surface area contributed by atoms with E-state index in [1.165, 1.54) is 4.68 Å². The van der Waals surface area contributed by atoms with Gasteiger partial charge < -0.3 is 5.73 Å². The van der Waals surface area contributed by atoms with Crippen LogP contribution in [0, 0.1) is 6.92 Å². The maximum Gasteiger partial charge on any atom is 0.270 e. The summed E-state index contributed by atoms with van der Waals surface area (Å²) in [6, 6.07) is 5.14. The van der Waals surface area contributed by atoms with Gasteiger partial charge in [0.05, 0.1) is 12.2 Å². The normalized spacial score (nSPS) is 10.6. The van der Waals surface area contributed by atoms with Gasteiger partial charge in [-0.05, 0) is 24.6 Å². The van der Waals surface area contributed by atoms with Crippen LogP contribution in [0.4, 0.5) is 5.82 Å². The van der Waals surface area contributed by atoms with E-state index in [2.05, 4.69) is 5.10 Å². The summed E-state index contributed by atoms with van der Waals surface area (Å²) in [5, 5.41) is 5.28. The Morgan fingerprint density at radius 2 is 2.15 bits per heavy atom. The number of aromatic nitrogens is 2. The molecule has 0 aliphatic carbocycles. The first-order chi connectivity index (χ1) is 9.43. The smallest absolute Gasteiger partial charge is 0.270 e. The van der Waals surface area contributed by atoms with E-state index in [0.717, 1.165) is 5.56 Å². The van der Waals surface area contributed by atoms with E-state index in [-0.39, 0.29) is 11.4 Å². The van der Waals surface area contributed by atoms with Crippen LogP contribution in [-0.2, 0) is 6.54 Å². The topological polar surface area (TPSA) is 99.0 Å². The molecule has 0 fully saturated rings. The van der Waals surface area contributed by atoms with Crippen molar-refractivity contribution in [2.75, 3.05) is 5.73 Å². The average Bonchev–Trinajstić information content (AvgIpc) is 2.67. The minimum atomic E-state index is -0.478. The molecule has 0 aliphatic heterocycles. The van der Waals surface area contributed by atoms with Gasteiger partial charge in [0.2, 0.25) is 0 Å². The standard InChI is InChI=1S/C12H13Cl2N5O/c1-6-10(12(20)17-16)11(15)19(18-6)5-7-2-3-8(13)4-9(7)14/h2-4H,5,15-16H2,1H3,(H,17,20). The lowest BCUT2D eigenvalue weighted by atomic mass is 10.2. The van der Waals surface area contributed by atoms with Gasteiger partial charge in [0.1, 0.15) is 11.4 Å². The van der Waals surface area contributed by atoms with Gasteiger partial charge in [-0.15, -0.1) is 0 Å². The second kappa shape index (κ2) is 5.70. The Kier molecular flexibility index (Phi) is 4.17. The third-order valence-corrected chi connectivity index (χ3v) is 3.45. The van der Waals surface area contributed by atoms with Crippen LogP contribution in [0.1, 0.15) is 21.6 Å². The van der Waals surface area contributed by atoms with Crippen LogP contribution in [0.2, 0.25) is 10.0 Å². The summed E-state index contributed by atoms with van der Waals surface area (Å²) in [5.74, 6) is 4.87. The summed E-state index contributed by atoms with van der Waals surface area (Å²) in [5.41, 5.74) is 9.52. The van der Waals surface area contributed by atoms with E-state index < -0.39 is 5.91 Å². The molecular weight excluding hydrogens is 301 g/mol. The number of nitrogens with zero attached hydrogens (tertiary/aromatic N) is 2. The van der Waals surface area contributed by atoms with Crippen LogP contribution in [-0.4, -0.2) is 15.7 Å². The number of hydrazine groups is 1. The van der Waals surface area contributed by atoms with Crippen LogP contribution < -0.4 is 17.0 Å². The summed E-state index contributed by atoms with van der Waals surface area (Å²) >= 11 is 11.9. The molecule has 0 saturated carbocycles. The Hall–Kier alpha value is -1.76. The molecule has 1 aromatic heterocycles. The average molecular weight is 314 g/mol. The molecule has 1 aromatic carbocycles. The van der Waals surface area contributed by atoms with Crippen molar-refractivity contribution in [1.29, 1.82) is 0 Å². The van der Waals surface area contributed by atoms with Gasteiger partial charge in [-0.1, -0.05) is 29.3 Å². The molecule has 1 amide bonds. The number of carbonyl (C=O) groups excluding carboxylic acids is 1. The van der Waals surface area contributed by atoms with E-state index >= 15 is 0 Å². The zero-order chi connectivity index (χ0) is 14.9. The summed E-state index contributed by atoms with van der Waals surface area (Å²) < 4.78 is 1.50. The summed E-state index contributed by atoms with van der Waals surface area (Å²) in [7, 11) is 0. The van der Waals surface area contributed by atoms with Crippen molar-refractivity contribution in [3.05, 3.63) is 45.1 Å². The number of hydrogen-bond donors (Lipinski definition) is 3. The Balaban J connectivity index is 2.37. The predicted octanol–water partition coefficient (Wildman–Crippen LogP) is 1.73. The highest BCUT2D eigenvalue weighted by Gasteiger charge is 2.19. The maximum absolute atomic E-state index is 11.6. The fourth-order valence-electron chi connectivity index (χ4n) is 1.88. The third-order valence-electron chi connectivity index (χ3n) is 2.86. The number of hydrogen-bond acceptors (Lipinski definition) is 4. The number of carbonyl (C=O) groups is 1. The molecule has 1 heterocycles. The Morgan fingerprint density at radius 3 is 2.75 bits per heavy atom. The monoisotopic (exact) mass is 313 g/mol. The Labute approximate surface area is 125 Å². The number of halogens is 2. The van der Waals surface area contributed by atoms with Gasteiger partial charge in [0.15, 0.2) is 0 Å². The van der Waals surface area contributed by atoms with Crippen LogP contribution in [0.15, 0.2) is 18.2 Å². The minimum Gasteiger partial charge on any atom is -0.383 e. The number of amides is 1. The minimum absolute atomic E-state index is 0.233. The van der Waals surface area contributed by atoms with Gasteiger partial charge in [-0.3, -0.25) is 10.2 Å². The molecule has 0 aliphatic rings. The summed E-state index contributed by atoms with van der Waals surface area (Å²) in [6.07, 6.45) is 0. The van der Waals surface area contributed by atoms with Crippen molar-refractivity contribution in [2.45, 2.75) is 13.5 Å². The summed E-state index contributed by atoms with van der Waals surface area (Å²) in [4.78, 5) is 11.6. The fraction of sp³-hybridized carbons (Fsp3) is 0.167. The molecule has 106 valence electrons. The van der Waals surface area contributed by atoms with Crippen LogP contribution in [0.3, 0.4) is 0 Å². The molecule has 0 saturated heterocycles. The van der Waals surface area contributed by atoms with Gasteiger partial charge in [0.25, 0.3) is 5.91 Å². The lowest BCUT2D eigenvalue weighted by Crippen LogP contribution is -2.31. The number of nitrogens with one attached hydrogen (secondary N) is 1. The van der Waals surface area contributed by atoms with Crippen molar-refractivity contribution in [3.63, 3.8) is 0 Å². The van der Waals surface area contributed by atoms with Crippen LogP contribution in [0.25, 0.3) is 0 Å². The maximum atomic E-state index is 11.6. The highest BCUT2D eigenvalue weighted by molar-refractivity contribution is 6.35. The van der Waals surface area contributed by atoms with Crippen molar-refractivity contribution in [1.82, 2.24) is 15.2 Å². The van der Waals surface area contributed by atoms with E-state index in [0.29, 0.717) is 22.3 Å². The number of nitrogens with two attached hydrogens (primary N) is 2. The lowest BCUT2D eigenvalue weighted by Gasteiger charge is -2.07. The highest BCUT2D eigenvalue weighted by atomic mass is 35.5. The molecule has 20 heavy (non-hydrogen) atoms. The molecule has 6 nitrogen and oxygen atoms in total. The fourth-order valence-corrected chi connectivity index (χ4v) is 2.35. The van der Waals surface area contributed by atoms with Gasteiger partial charge in [0, 0.05) is 10.0 Å². The molecule has 0 radical (unpaired) electrons. The van der Waals surface area contributed by atoms with E-state index in [9.17, 15) is 4.79 Å². The SMILES string of the molecule is Cc1nn(Cc2ccc(Cl)cc2Cl)c(N)c1C(=O)NN. The van der Waals surface area contributed by atoms with Crippen LogP contribution in [0.5, 0.6) is 0 Å². The first-order valence-electron chi connectivity index (χ1n) is 5.71. The highest BCUT2D eigenvalue weighted by Crippen LogP contribution is 2.24. The van der Waals surface area contributed by atoms with Gasteiger partial charge in [-0.2, -0.15) is 5.10 Å². The van der Waals surface area contributed by atoms with Crippen LogP contribution >= 0.6 is 23.2 Å². The lowest BCUT2D eigenvalue weighted by molar-refractivity contribution is 0.0954. The number of benzene rings is 1. The molecule has 0 unspecified atom stereocenters. The molecule has 0 spiro atoms. The molecule has 0 atom stereocenters. The Bertz CT molecular complexity index is 668. The largest absolute Gasteiger partial charge is 0.383 e. The first kappa shape index (κ1) is 14.6. The molecule has 8 heteroatoms. The second-order valence-corrected chi connectivity index (χ2v) is 5.06. The zero-order valence-corrected chi connectivity index (χ0v) is 12.2. The summed E-state index contributed by atoms with van der Waals surface area (Å²) in [6.45, 7) is 2.02. The second-order valence-electron chi connectivity index (χ2n) is 4.21. The first-order valence-corrected chi connectivity index (χ1v) is 6.47. The Morgan fingerprint density at radius 1 is 1.45 bits per heavy atom. The van der Waals surface area contributed by atoms with E-state index in [1.807, 2.05) is 5.43 Å². The molecule has 2 aromatic rings. The number of aryl methyl sites for hydroxylation is 1. The molecular formula is C12H13Cl2N5O. The number of nitrogen functional groups attached to an aromatic ring is 2. The predicted molar refractivity (Wildman–Crippen MR) is 78.6 cm³/mol. The third kappa shape index (κ3) is 2.72. The van der Waals surface area contributed by atoms with Crippen molar-refractivity contribution in [2.24, 2.45) is 5.84 Å².